The first kappa shape index (κ1) is 10.5. The van der Waals surface area contributed by atoms with Gasteiger partial charge in [-0.1, -0.05) is 0 Å². The lowest BCUT2D eigenvalue weighted by Crippen LogP contribution is -2.49. The molecule has 1 aliphatic carbocycles. The second-order valence-electron chi connectivity index (χ2n) is 5.31. The first-order chi connectivity index (χ1) is 6.88. The summed E-state index contributed by atoms with van der Waals surface area (Å²) in [6, 6.07) is 0.118. The third-order valence-electron chi connectivity index (χ3n) is 3.00. The fourth-order valence-electron chi connectivity index (χ4n) is 2.23. The van der Waals surface area contributed by atoms with Crippen LogP contribution in [0.3, 0.4) is 0 Å². The number of likely N-dealkylation sites (tertiary alicyclic amines) is 1. The summed E-state index contributed by atoms with van der Waals surface area (Å²) in [6.45, 7) is 6.22. The van der Waals surface area contributed by atoms with Gasteiger partial charge in [0.2, 0.25) is 0 Å². The number of carbonyl (C=O) groups excluding carboxylic acids is 2. The van der Waals surface area contributed by atoms with Crippen molar-refractivity contribution in [3.05, 3.63) is 0 Å². The van der Waals surface area contributed by atoms with E-state index in [0.29, 0.717) is 18.7 Å². The largest absolute Gasteiger partial charge is 0.444 e. The Morgan fingerprint density at radius 3 is 2.60 bits per heavy atom. The van der Waals surface area contributed by atoms with Gasteiger partial charge in [0, 0.05) is 18.9 Å². The summed E-state index contributed by atoms with van der Waals surface area (Å²) in [5.41, 5.74) is -0.455. The van der Waals surface area contributed by atoms with E-state index >= 15 is 0 Å². The Kier molecular flexibility index (Phi) is 2.24. The van der Waals surface area contributed by atoms with Crippen molar-refractivity contribution in [2.24, 2.45) is 5.92 Å². The lowest BCUT2D eigenvalue weighted by molar-refractivity contribution is -0.131. The molecule has 0 unspecified atom stereocenters. The van der Waals surface area contributed by atoms with Gasteiger partial charge in [0.15, 0.2) is 0 Å². The van der Waals surface area contributed by atoms with Gasteiger partial charge in [0.25, 0.3) is 0 Å². The van der Waals surface area contributed by atoms with Gasteiger partial charge in [0.1, 0.15) is 11.4 Å². The van der Waals surface area contributed by atoms with E-state index in [4.69, 9.17) is 4.74 Å². The van der Waals surface area contributed by atoms with E-state index in [0.717, 1.165) is 6.42 Å². The molecule has 0 aromatic carbocycles. The maximum Gasteiger partial charge on any atom is 0.410 e. The zero-order chi connectivity index (χ0) is 11.2. The predicted molar refractivity (Wildman–Crippen MR) is 54.5 cm³/mol. The van der Waals surface area contributed by atoms with Crippen molar-refractivity contribution in [1.29, 1.82) is 0 Å². The number of nitrogens with zero attached hydrogens (tertiary/aromatic N) is 1. The SMILES string of the molecule is CC(C)(C)OC(=O)N1CC[C@@H]2C(=O)C[C@@H]21. The van der Waals surface area contributed by atoms with Crippen molar-refractivity contribution >= 4 is 11.9 Å². The monoisotopic (exact) mass is 211 g/mol. The standard InChI is InChI=1S/C11H17NO3/c1-11(2,3)15-10(14)12-5-4-7-8(12)6-9(7)13/h7-8H,4-6H2,1-3H3/t7-,8-/m0/s1. The van der Waals surface area contributed by atoms with Gasteiger partial charge < -0.3 is 9.64 Å². The molecular formula is C11H17NO3. The first-order valence-corrected chi connectivity index (χ1v) is 5.41. The van der Waals surface area contributed by atoms with Crippen LogP contribution >= 0.6 is 0 Å². The van der Waals surface area contributed by atoms with Crippen LogP contribution in [0.25, 0.3) is 0 Å². The van der Waals surface area contributed by atoms with Gasteiger partial charge in [-0.25, -0.2) is 4.79 Å². The highest BCUT2D eigenvalue weighted by Crippen LogP contribution is 2.37. The van der Waals surface area contributed by atoms with E-state index in [1.807, 2.05) is 20.8 Å². The van der Waals surface area contributed by atoms with Crippen LogP contribution < -0.4 is 0 Å². The Balaban J connectivity index is 1.96. The van der Waals surface area contributed by atoms with Crippen molar-refractivity contribution in [2.75, 3.05) is 6.54 Å². The zero-order valence-electron chi connectivity index (χ0n) is 9.45. The van der Waals surface area contributed by atoms with E-state index in [-0.39, 0.29) is 18.1 Å². The first-order valence-electron chi connectivity index (χ1n) is 5.41. The zero-order valence-corrected chi connectivity index (χ0v) is 9.45. The second kappa shape index (κ2) is 3.22. The smallest absolute Gasteiger partial charge is 0.410 e. The lowest BCUT2D eigenvalue weighted by atomic mass is 9.79. The van der Waals surface area contributed by atoms with Crippen molar-refractivity contribution in [1.82, 2.24) is 4.90 Å². The fraction of sp³-hybridized carbons (Fsp3) is 0.818. The van der Waals surface area contributed by atoms with Crippen LogP contribution in [0.15, 0.2) is 0 Å². The maximum atomic E-state index is 11.7. The molecule has 1 amide bonds. The molecule has 0 aromatic rings. The van der Waals surface area contributed by atoms with E-state index < -0.39 is 5.60 Å². The van der Waals surface area contributed by atoms with Crippen LogP contribution in [0, 0.1) is 5.92 Å². The minimum Gasteiger partial charge on any atom is -0.444 e. The van der Waals surface area contributed by atoms with Gasteiger partial charge >= 0.3 is 6.09 Å². The third kappa shape index (κ3) is 1.85. The van der Waals surface area contributed by atoms with E-state index in [9.17, 15) is 9.59 Å². The average Bonchev–Trinajstić information content (AvgIpc) is 2.38. The molecule has 4 nitrogen and oxygen atoms in total. The van der Waals surface area contributed by atoms with Crippen molar-refractivity contribution in [2.45, 2.75) is 45.3 Å². The maximum absolute atomic E-state index is 11.7. The summed E-state index contributed by atoms with van der Waals surface area (Å²) in [4.78, 5) is 24.6. The number of ketones is 1. The summed E-state index contributed by atoms with van der Waals surface area (Å²) in [6.07, 6.45) is 1.05. The molecule has 0 N–H and O–H groups in total. The quantitative estimate of drug-likeness (QED) is 0.611. The van der Waals surface area contributed by atoms with Crippen LogP contribution in [0.5, 0.6) is 0 Å². The highest BCUT2D eigenvalue weighted by Gasteiger charge is 2.50. The summed E-state index contributed by atoms with van der Waals surface area (Å²) >= 11 is 0. The van der Waals surface area contributed by atoms with Gasteiger partial charge in [-0.15, -0.1) is 0 Å². The molecule has 2 atom stereocenters. The van der Waals surface area contributed by atoms with Crippen molar-refractivity contribution < 1.29 is 14.3 Å². The number of rotatable bonds is 0. The third-order valence-corrected chi connectivity index (χ3v) is 3.00. The van der Waals surface area contributed by atoms with Crippen LogP contribution in [-0.4, -0.2) is 35.0 Å². The number of Topliss-reactive ketones (excluding diaryl/α,β-unsaturated/α-hetero) is 1. The molecule has 15 heavy (non-hydrogen) atoms. The topological polar surface area (TPSA) is 46.6 Å². The van der Waals surface area contributed by atoms with Crippen LogP contribution in [0.4, 0.5) is 4.79 Å². The Hall–Kier alpha value is -1.06. The molecule has 0 aromatic heterocycles. The number of amides is 1. The highest BCUT2D eigenvalue weighted by molar-refractivity contribution is 5.90. The molecule has 2 fully saturated rings. The Labute approximate surface area is 89.6 Å². The molecule has 0 spiro atoms. The Morgan fingerprint density at radius 1 is 1.47 bits per heavy atom. The summed E-state index contributed by atoms with van der Waals surface area (Å²) in [7, 11) is 0. The van der Waals surface area contributed by atoms with E-state index in [2.05, 4.69) is 0 Å². The lowest BCUT2D eigenvalue weighted by Gasteiger charge is -2.35. The summed E-state index contributed by atoms with van der Waals surface area (Å²) in [5, 5.41) is 0. The van der Waals surface area contributed by atoms with Crippen LogP contribution in [-0.2, 0) is 9.53 Å². The minimum absolute atomic E-state index is 0.0949. The molecule has 84 valence electrons. The molecule has 1 saturated carbocycles. The van der Waals surface area contributed by atoms with E-state index in [1.165, 1.54) is 0 Å². The number of hydrogen-bond acceptors (Lipinski definition) is 3. The molecular weight excluding hydrogens is 194 g/mol. The Bertz CT molecular complexity index is 305. The van der Waals surface area contributed by atoms with Crippen molar-refractivity contribution in [3.63, 3.8) is 0 Å². The second-order valence-corrected chi connectivity index (χ2v) is 5.31. The number of hydrogen-bond donors (Lipinski definition) is 0. The van der Waals surface area contributed by atoms with Gasteiger partial charge in [-0.3, -0.25) is 4.79 Å². The molecule has 0 radical (unpaired) electrons. The summed E-state index contributed by atoms with van der Waals surface area (Å²) < 4.78 is 5.29. The molecule has 1 aliphatic heterocycles. The number of fused-ring (bicyclic) bond motifs is 1. The molecule has 4 heteroatoms. The van der Waals surface area contributed by atoms with Crippen LogP contribution in [0.2, 0.25) is 0 Å². The van der Waals surface area contributed by atoms with Crippen molar-refractivity contribution in [3.8, 4) is 0 Å². The average molecular weight is 211 g/mol. The molecule has 1 saturated heterocycles. The minimum atomic E-state index is -0.455. The molecule has 1 heterocycles. The molecule has 2 rings (SSSR count). The number of carbonyl (C=O) groups is 2. The predicted octanol–water partition coefficient (Wildman–Crippen LogP) is 1.58. The van der Waals surface area contributed by atoms with Gasteiger partial charge in [-0.2, -0.15) is 0 Å². The van der Waals surface area contributed by atoms with Crippen LogP contribution in [0.1, 0.15) is 33.6 Å². The molecule has 2 aliphatic rings. The number of ether oxygens (including phenoxy) is 1. The normalized spacial score (nSPS) is 29.8. The van der Waals surface area contributed by atoms with Gasteiger partial charge in [0.05, 0.1) is 6.04 Å². The van der Waals surface area contributed by atoms with Gasteiger partial charge in [-0.05, 0) is 27.2 Å². The fourth-order valence-corrected chi connectivity index (χ4v) is 2.23. The van der Waals surface area contributed by atoms with E-state index in [1.54, 1.807) is 4.90 Å². The Morgan fingerprint density at radius 2 is 2.13 bits per heavy atom. The highest BCUT2D eigenvalue weighted by atomic mass is 16.6. The molecule has 0 bridgehead atoms. The summed E-state index contributed by atoms with van der Waals surface area (Å²) in [5.74, 6) is 0.392.